The van der Waals surface area contributed by atoms with Crippen LogP contribution in [0.25, 0.3) is 89.2 Å². The Labute approximate surface area is 813 Å². The van der Waals surface area contributed by atoms with Gasteiger partial charge in [0.05, 0.1) is 197 Å². The number of halogens is 2. The molecular weight excluding hydrogens is 1790 g/mol. The third kappa shape index (κ3) is 22.8. The number of aliphatic hydroxyl groups excluding tert-OH is 1. The van der Waals surface area contributed by atoms with Crippen LogP contribution >= 0.6 is 0 Å². The topological polar surface area (TPSA) is 350 Å². The van der Waals surface area contributed by atoms with Crippen molar-refractivity contribution in [3.63, 3.8) is 0 Å². The Bertz CT molecular complexity index is 7180. The SMILES string of the molecule is COc1cc(F)cc(N(CC2CC2)c2ccc3ncc(-c4cnn(CCO)c4)nc3c2)c1.COc1cc(OC)cc(N(CC2CC2)c2ccc3ncc(-c4cnn(CCF)c4)nc3c2)c1.COc1cc(OC)cc(N(CCCN2C(=O)c3ccccc3C2=O)c2ccc3ncc(-c4cn[nH]c4)nc3c2)c1.COc1cc(OC)cc(N(CCCN2CCC(N)C2)c2ccc3ncc(-c4cnn(C)c4)nc3c2)c1. The zero-order valence-corrected chi connectivity index (χ0v) is 79.6. The Morgan fingerprint density at radius 2 is 0.794 bits per heavy atom. The highest BCUT2D eigenvalue weighted by molar-refractivity contribution is 6.21. The van der Waals surface area contributed by atoms with Crippen molar-refractivity contribution in [2.75, 3.05) is 135 Å². The number of aliphatic hydroxyl groups is 1. The Hall–Kier alpha value is -16.1. The lowest BCUT2D eigenvalue weighted by Crippen LogP contribution is -2.32. The van der Waals surface area contributed by atoms with E-state index in [4.69, 9.17) is 63.9 Å². The molecule has 35 heteroatoms. The second-order valence-electron chi connectivity index (χ2n) is 34.8. The van der Waals surface area contributed by atoms with Gasteiger partial charge < -0.3 is 68.5 Å². The van der Waals surface area contributed by atoms with E-state index in [0.29, 0.717) is 76.8 Å². The Balaban J connectivity index is 0.000000125. The van der Waals surface area contributed by atoms with Crippen LogP contribution in [-0.4, -0.2) is 228 Å². The summed E-state index contributed by atoms with van der Waals surface area (Å²) < 4.78 is 70.3. The summed E-state index contributed by atoms with van der Waals surface area (Å²) in [5, 5.41) is 28.6. The van der Waals surface area contributed by atoms with Gasteiger partial charge in [0.1, 0.15) is 52.7 Å². The molecule has 722 valence electrons. The highest BCUT2D eigenvalue weighted by atomic mass is 19.1. The van der Waals surface area contributed by atoms with Crippen molar-refractivity contribution in [3.05, 3.63) is 261 Å². The van der Waals surface area contributed by atoms with Crippen molar-refractivity contribution in [1.29, 1.82) is 0 Å². The van der Waals surface area contributed by atoms with E-state index >= 15 is 0 Å². The number of rotatable bonds is 35. The van der Waals surface area contributed by atoms with E-state index < -0.39 is 6.67 Å². The number of ether oxygens (including phenoxy) is 7. The number of anilines is 8. The van der Waals surface area contributed by atoms with Crippen molar-refractivity contribution >= 4 is 101 Å². The largest absolute Gasteiger partial charge is 0.497 e. The number of nitrogens with zero attached hydrogens (tertiary/aromatic N) is 21. The lowest BCUT2D eigenvalue weighted by molar-refractivity contribution is 0.0653. The molecule has 21 rings (SSSR count). The number of aromatic nitrogens is 16. The molecule has 1 saturated heterocycles. The zero-order chi connectivity index (χ0) is 97.6. The molecule has 4 N–H and O–H groups in total. The maximum Gasteiger partial charge on any atom is 0.261 e. The first kappa shape index (κ1) is 95.2. The van der Waals surface area contributed by atoms with Gasteiger partial charge in [-0.15, -0.1) is 0 Å². The summed E-state index contributed by atoms with van der Waals surface area (Å²) in [6.07, 6.45) is 28.7. The number of aryl methyl sites for hydroxylation is 2. The average molecular weight is 1900 g/mol. The number of benzene rings is 9. The number of alkyl halides is 1. The Kier molecular flexibility index (Phi) is 29.5. The molecule has 1 atom stereocenters. The number of H-pyrrole nitrogens is 1. The summed E-state index contributed by atoms with van der Waals surface area (Å²) in [4.78, 5) is 76.0. The number of carbonyl (C=O) groups is 2. The van der Waals surface area contributed by atoms with Crippen LogP contribution in [-0.2, 0) is 20.1 Å². The van der Waals surface area contributed by atoms with Crippen molar-refractivity contribution < 1.29 is 56.6 Å². The van der Waals surface area contributed by atoms with Gasteiger partial charge in [0, 0.05) is 212 Å². The number of fused-ring (bicyclic) bond motifs is 5. The Morgan fingerprint density at radius 3 is 1.17 bits per heavy atom. The summed E-state index contributed by atoms with van der Waals surface area (Å²) in [6.45, 7) is 6.58. The fourth-order valence-corrected chi connectivity index (χ4v) is 17.3. The fourth-order valence-electron chi connectivity index (χ4n) is 17.3. The second-order valence-corrected chi connectivity index (χ2v) is 34.8. The van der Waals surface area contributed by atoms with Gasteiger partial charge in [-0.3, -0.25) is 53.6 Å². The monoisotopic (exact) mass is 1900 g/mol. The van der Waals surface area contributed by atoms with Gasteiger partial charge in [0.25, 0.3) is 11.8 Å². The molecule has 2 saturated carbocycles. The molecule has 0 radical (unpaired) electrons. The molecule has 0 bridgehead atoms. The van der Waals surface area contributed by atoms with Crippen LogP contribution in [0.1, 0.15) is 65.7 Å². The van der Waals surface area contributed by atoms with Crippen molar-refractivity contribution in [3.8, 4) is 85.3 Å². The number of nitrogens with one attached hydrogen (secondary N) is 1. The standard InChI is InChI=1S/C30H26N6O4.C27H33N7O2.C25H26FN5O2.C24H24FN5O2/c1-39-22-12-21(13-23(15-22)40-2)35(10-5-11-36-29(37)24-6-3-4-7-25(24)30(36)38)20-8-9-26-27(14-20)34-28(18-31-26)19-16-32-33-17-19;1-32-17-19(15-30-32)27-16-29-25-6-5-21(13-26(25)31-27)34(9-4-8-33-10-7-20(28)18-33)22-11-23(35-2)14-24(12-22)36-3;1-32-21-9-20(10-22(12-21)33-2)31(15-17-3-4-17)19-5-6-23-24(11-19)29-25(14-27-23)18-13-28-30(16-18)8-7-26;1-32-21-9-18(25)8-20(10-21)30(14-16-2-3-16)19-4-5-22-23(11-19)28-24(13-26-22)17-12-27-29(15-17)6-7-31/h3-4,6-9,12-18H,5,10-11H2,1-2H3,(H,32,33);5-6,11-17,20H,4,7-10,18,28H2,1-3H3;5-6,9-14,16-17H,3-4,7-8,15H2,1-2H3;4-5,8-13,15-16,31H,2-3,6-7,14H2,1H3. The second kappa shape index (κ2) is 43.7. The first-order valence-corrected chi connectivity index (χ1v) is 46.7. The molecule has 2 amide bonds. The van der Waals surface area contributed by atoms with Crippen LogP contribution in [0.15, 0.2) is 244 Å². The normalized spacial score (nSPS) is 13.8. The van der Waals surface area contributed by atoms with E-state index in [1.54, 1.807) is 150 Å². The highest BCUT2D eigenvalue weighted by Gasteiger charge is 2.36. The van der Waals surface area contributed by atoms with E-state index in [2.05, 4.69) is 94.2 Å². The smallest absolute Gasteiger partial charge is 0.261 e. The van der Waals surface area contributed by atoms with E-state index in [9.17, 15) is 18.4 Å². The van der Waals surface area contributed by atoms with Crippen LogP contribution in [0.2, 0.25) is 0 Å². The van der Waals surface area contributed by atoms with Gasteiger partial charge in [-0.1, -0.05) is 12.1 Å². The predicted octanol–water partition coefficient (Wildman–Crippen LogP) is 17.7. The van der Waals surface area contributed by atoms with Gasteiger partial charge in [-0.25, -0.2) is 28.7 Å². The summed E-state index contributed by atoms with van der Waals surface area (Å²) in [7, 11) is 13.3. The zero-order valence-electron chi connectivity index (χ0n) is 79.6. The van der Waals surface area contributed by atoms with E-state index in [1.165, 1.54) is 42.7 Å². The van der Waals surface area contributed by atoms with Gasteiger partial charge >= 0.3 is 0 Å². The number of hydrogen-bond acceptors (Lipinski definition) is 28. The minimum atomic E-state index is -0.459. The van der Waals surface area contributed by atoms with Gasteiger partial charge in [-0.2, -0.15) is 20.4 Å². The molecule has 2 aliphatic carbocycles. The minimum absolute atomic E-state index is 0.0234. The van der Waals surface area contributed by atoms with Crippen LogP contribution in [0.4, 0.5) is 54.3 Å². The number of hydrogen-bond donors (Lipinski definition) is 3. The van der Waals surface area contributed by atoms with Crippen molar-refractivity contribution in [2.24, 2.45) is 24.6 Å². The summed E-state index contributed by atoms with van der Waals surface area (Å²) in [5.74, 6) is 5.17. The first-order valence-electron chi connectivity index (χ1n) is 46.7. The minimum Gasteiger partial charge on any atom is -0.497 e. The third-order valence-electron chi connectivity index (χ3n) is 25.1. The number of amides is 2. The number of aromatic amines is 1. The van der Waals surface area contributed by atoms with Crippen LogP contribution in [0.3, 0.4) is 0 Å². The summed E-state index contributed by atoms with van der Waals surface area (Å²) in [5.41, 5.74) is 27.1. The quantitative estimate of drug-likeness (QED) is 0.0311. The van der Waals surface area contributed by atoms with E-state index in [-0.39, 0.29) is 43.4 Å². The average Bonchev–Trinajstić information content (AvgIpc) is 1.66. The molecule has 8 aromatic heterocycles. The molecule has 10 heterocycles. The fraction of sp³-hybridized carbons (Fsp3) is 0.283. The molecule has 33 nitrogen and oxygen atoms in total. The molecule has 3 fully saturated rings. The molecule has 2 aliphatic heterocycles. The van der Waals surface area contributed by atoms with Crippen LogP contribution in [0, 0.1) is 17.7 Å². The number of likely N-dealkylation sites (tertiary alicyclic amines) is 1. The number of carbonyl (C=O) groups excluding carboxylic acids is 2. The van der Waals surface area contributed by atoms with E-state index in [0.717, 1.165) is 193 Å². The molecule has 1 unspecified atom stereocenters. The summed E-state index contributed by atoms with van der Waals surface area (Å²) >= 11 is 0. The molecule has 4 aliphatic rings. The van der Waals surface area contributed by atoms with Gasteiger partial charge in [0.15, 0.2) is 0 Å². The van der Waals surface area contributed by atoms with Crippen molar-refractivity contribution in [1.82, 2.24) is 89.2 Å². The maximum absolute atomic E-state index is 14.2. The molecule has 141 heavy (non-hydrogen) atoms. The third-order valence-corrected chi connectivity index (χ3v) is 25.1. The Morgan fingerprint density at radius 1 is 0.411 bits per heavy atom. The summed E-state index contributed by atoms with van der Waals surface area (Å²) in [6, 6.07) is 53.7. The number of nitrogens with two attached hydrogens (primary N) is 1. The predicted molar refractivity (Wildman–Crippen MR) is 539 cm³/mol. The maximum atomic E-state index is 14.2. The van der Waals surface area contributed by atoms with Crippen LogP contribution in [0.5, 0.6) is 40.2 Å². The first-order chi connectivity index (χ1) is 68.9. The highest BCUT2D eigenvalue weighted by Crippen LogP contribution is 2.43. The molecule has 17 aromatic rings. The van der Waals surface area contributed by atoms with Crippen molar-refractivity contribution in [2.45, 2.75) is 64.1 Å². The van der Waals surface area contributed by atoms with Gasteiger partial charge in [0.2, 0.25) is 0 Å². The van der Waals surface area contributed by atoms with Gasteiger partial charge in [-0.05, 0) is 161 Å². The molecular formula is C106H109F2N23O10. The van der Waals surface area contributed by atoms with E-state index in [1.807, 2.05) is 129 Å². The molecule has 0 spiro atoms. The lowest BCUT2D eigenvalue weighted by atomic mass is 10.1. The lowest BCUT2D eigenvalue weighted by Gasteiger charge is -2.27. The number of methoxy groups -OCH3 is 7. The van der Waals surface area contributed by atoms with Crippen LogP contribution < -0.4 is 58.5 Å². The number of imide groups is 1. The molecule has 9 aromatic carbocycles.